The Hall–Kier alpha value is -5.64. The quantitative estimate of drug-likeness (QED) is 0.147. The molecule has 3 N–H and O–H groups in total. The third-order valence-corrected chi connectivity index (χ3v) is 13.1. The van der Waals surface area contributed by atoms with E-state index in [0.29, 0.717) is 5.56 Å². The molecule has 3 aromatic rings. The molecule has 2 saturated carbocycles. The van der Waals surface area contributed by atoms with Gasteiger partial charge in [-0.25, -0.2) is 9.59 Å². The molecule has 4 aliphatic rings. The molecule has 1 aliphatic heterocycles. The van der Waals surface area contributed by atoms with E-state index in [1.54, 1.807) is 76.2 Å². The van der Waals surface area contributed by atoms with E-state index in [0.717, 1.165) is 6.92 Å². The van der Waals surface area contributed by atoms with Crippen LogP contribution in [0.4, 0.5) is 0 Å². The van der Waals surface area contributed by atoms with E-state index in [2.05, 4.69) is 5.32 Å². The van der Waals surface area contributed by atoms with Crippen molar-refractivity contribution in [2.24, 2.45) is 16.7 Å². The van der Waals surface area contributed by atoms with Gasteiger partial charge in [-0.15, -0.1) is 0 Å². The molecule has 3 fully saturated rings. The highest BCUT2D eigenvalue weighted by Gasteiger charge is 2.76. The van der Waals surface area contributed by atoms with E-state index >= 15 is 4.79 Å². The lowest BCUT2D eigenvalue weighted by atomic mass is 9.45. The van der Waals surface area contributed by atoms with Crippen LogP contribution in [0.5, 0.6) is 0 Å². The number of hydrogen-bond donors (Lipinski definition) is 3. The minimum atomic E-state index is -2.27. The highest BCUT2D eigenvalue weighted by atomic mass is 16.6. The summed E-state index contributed by atoms with van der Waals surface area (Å²) in [6.45, 7) is 8.57. The number of Topliss-reactive ketones (excluding diaryl/α,β-unsaturated/α-hetero) is 1. The molecule has 0 radical (unpaired) electrons. The second-order valence-electron chi connectivity index (χ2n) is 16.9. The summed E-state index contributed by atoms with van der Waals surface area (Å²) in [5, 5.41) is 28.0. The van der Waals surface area contributed by atoms with Gasteiger partial charge in [-0.1, -0.05) is 69.3 Å². The van der Waals surface area contributed by atoms with Crippen LogP contribution in [-0.2, 0) is 42.9 Å². The van der Waals surface area contributed by atoms with Crippen LogP contribution in [0, 0.1) is 16.7 Å². The molecule has 2 heterocycles. The number of ketones is 1. The van der Waals surface area contributed by atoms with Gasteiger partial charge in [-0.3, -0.25) is 19.2 Å². The van der Waals surface area contributed by atoms with Crippen molar-refractivity contribution in [3.63, 3.8) is 0 Å². The number of carbonyl (C=O) groups excluding carboxylic acids is 6. The number of rotatable bonds is 10. The molecule has 1 aromatic heterocycles. The molecular weight excluding hydrogens is 778 g/mol. The van der Waals surface area contributed by atoms with Gasteiger partial charge >= 0.3 is 23.9 Å². The first-order chi connectivity index (χ1) is 28.4. The number of carbonyl (C=O) groups is 6. The van der Waals surface area contributed by atoms with E-state index in [1.165, 1.54) is 37.6 Å². The van der Waals surface area contributed by atoms with Gasteiger partial charge in [0.25, 0.3) is 5.91 Å². The Morgan fingerprint density at radius 1 is 0.883 bits per heavy atom. The predicted molar refractivity (Wildman–Crippen MR) is 209 cm³/mol. The monoisotopic (exact) mass is 827 g/mol. The van der Waals surface area contributed by atoms with Crippen molar-refractivity contribution in [1.82, 2.24) is 5.32 Å². The number of nitrogens with one attached hydrogen (secondary N) is 1. The predicted octanol–water partition coefficient (Wildman–Crippen LogP) is 4.36. The summed E-state index contributed by atoms with van der Waals surface area (Å²) in [7, 11) is 0. The molecule has 2 aromatic carbocycles. The second-order valence-corrected chi connectivity index (χ2v) is 16.9. The fourth-order valence-electron chi connectivity index (χ4n) is 10.0. The number of fused-ring (bicyclic) bond motifs is 5. The molecule has 10 atom stereocenters. The number of amides is 1. The Bertz CT molecular complexity index is 2200. The summed E-state index contributed by atoms with van der Waals surface area (Å²) in [4.78, 5) is 83.0. The molecule has 1 amide bonds. The first kappa shape index (κ1) is 42.5. The fraction of sp³-hybridized carbons (Fsp3) is 0.467. The number of aliphatic hydroxyl groups is 2. The lowest BCUT2D eigenvalue weighted by Gasteiger charge is -2.66. The SMILES string of the molecule is CC(=O)O[C@H]1C(=O)[C@]2(C)CC[C@H]3OC[C@@]3(OC(C)=O)C2[C@H](OC(=O)c2ccccc2)[C@]2(O)C[C@H](OC(=O)[C@H](O)[C@@H](NC(=O)c3ccoc3)c3ccccc3)C(C)=C1C2(C)C. The normalized spacial score (nSPS) is 31.3. The van der Waals surface area contributed by atoms with Crippen molar-refractivity contribution >= 4 is 35.6 Å². The van der Waals surface area contributed by atoms with Crippen LogP contribution in [0.15, 0.2) is 94.8 Å². The Balaban J connectivity index is 1.38. The maximum Gasteiger partial charge on any atom is 0.338 e. The molecule has 15 nitrogen and oxygen atoms in total. The maximum atomic E-state index is 15.4. The molecule has 318 valence electrons. The first-order valence-electron chi connectivity index (χ1n) is 19.8. The number of furan rings is 1. The van der Waals surface area contributed by atoms with Gasteiger partial charge in [0, 0.05) is 31.1 Å². The summed E-state index contributed by atoms with van der Waals surface area (Å²) in [5.41, 5.74) is -6.04. The van der Waals surface area contributed by atoms with E-state index in [9.17, 15) is 34.2 Å². The minimum Gasteiger partial charge on any atom is -0.472 e. The van der Waals surface area contributed by atoms with Crippen molar-refractivity contribution in [2.45, 2.75) is 109 Å². The summed E-state index contributed by atoms with van der Waals surface area (Å²) in [6.07, 6.45) is -5.11. The van der Waals surface area contributed by atoms with E-state index in [-0.39, 0.29) is 41.7 Å². The van der Waals surface area contributed by atoms with Crippen LogP contribution >= 0.6 is 0 Å². The Morgan fingerprint density at radius 3 is 2.13 bits per heavy atom. The van der Waals surface area contributed by atoms with Crippen molar-refractivity contribution in [3.8, 4) is 0 Å². The van der Waals surface area contributed by atoms with Gasteiger partial charge in [-0.2, -0.15) is 0 Å². The Morgan fingerprint density at radius 2 is 1.55 bits per heavy atom. The van der Waals surface area contributed by atoms with Gasteiger partial charge in [-0.05, 0) is 54.7 Å². The van der Waals surface area contributed by atoms with Gasteiger partial charge < -0.3 is 43.6 Å². The number of benzene rings is 2. The van der Waals surface area contributed by atoms with Gasteiger partial charge in [0.15, 0.2) is 23.6 Å². The second kappa shape index (κ2) is 15.8. The third kappa shape index (κ3) is 7.01. The third-order valence-electron chi connectivity index (χ3n) is 13.1. The molecule has 2 bridgehead atoms. The number of aliphatic hydroxyl groups excluding tert-OH is 1. The maximum absolute atomic E-state index is 15.4. The molecule has 3 aliphatic carbocycles. The largest absolute Gasteiger partial charge is 0.472 e. The summed E-state index contributed by atoms with van der Waals surface area (Å²) in [5.74, 6) is -6.13. The highest BCUT2D eigenvalue weighted by molar-refractivity contribution is 5.96. The Kier molecular flexibility index (Phi) is 11.2. The van der Waals surface area contributed by atoms with E-state index < -0.39 is 107 Å². The zero-order chi connectivity index (χ0) is 43.4. The minimum absolute atomic E-state index is 0.102. The fourth-order valence-corrected chi connectivity index (χ4v) is 10.0. The van der Waals surface area contributed by atoms with E-state index in [4.69, 9.17) is 28.1 Å². The molecule has 1 saturated heterocycles. The van der Waals surface area contributed by atoms with Crippen LogP contribution in [0.2, 0.25) is 0 Å². The van der Waals surface area contributed by atoms with Gasteiger partial charge in [0.05, 0.1) is 36.0 Å². The van der Waals surface area contributed by atoms with Crippen LogP contribution in [-0.4, -0.2) is 94.1 Å². The van der Waals surface area contributed by atoms with Crippen molar-refractivity contribution in [3.05, 3.63) is 107 Å². The zero-order valence-electron chi connectivity index (χ0n) is 34.2. The van der Waals surface area contributed by atoms with Crippen molar-refractivity contribution in [2.75, 3.05) is 6.61 Å². The van der Waals surface area contributed by atoms with Gasteiger partial charge in [0.2, 0.25) is 0 Å². The standard InChI is InChI=1S/C45H49NO14/c1-24-30(58-41(53)34(49)33(27-13-9-7-10-14-27)46-39(51)29-18-20-55-22-29)21-45(54)38(59-40(52)28-15-11-8-12-16-28)36-43(6,19-17-31-44(36,23-56-31)60-26(3)48)37(50)35(57-25(2)47)32(24)42(45,4)5/h7-16,18,20,22,30-31,33-36,38,49,54H,17,19,21,23H2,1-6H3,(H,46,51)/t30-,31+,33-,34+,35+,36?,38-,43+,44-,45+/m0/s1. The average Bonchev–Trinajstić information content (AvgIpc) is 3.75. The smallest absolute Gasteiger partial charge is 0.338 e. The Labute approximate surface area is 346 Å². The number of ether oxygens (including phenoxy) is 5. The first-order valence-corrected chi connectivity index (χ1v) is 19.8. The van der Waals surface area contributed by atoms with Crippen LogP contribution < -0.4 is 5.32 Å². The molecule has 7 rings (SSSR count). The summed E-state index contributed by atoms with van der Waals surface area (Å²) in [6, 6.07) is 16.3. The highest BCUT2D eigenvalue weighted by Crippen LogP contribution is 2.64. The lowest BCUT2D eigenvalue weighted by molar-refractivity contribution is -0.332. The summed E-state index contributed by atoms with van der Waals surface area (Å²) >= 11 is 0. The van der Waals surface area contributed by atoms with Crippen LogP contribution in [0.1, 0.15) is 93.1 Å². The molecule has 60 heavy (non-hydrogen) atoms. The summed E-state index contributed by atoms with van der Waals surface area (Å²) < 4.78 is 35.5. The molecular formula is C45H49NO14. The number of esters is 4. The molecule has 15 heteroatoms. The number of hydrogen-bond acceptors (Lipinski definition) is 14. The van der Waals surface area contributed by atoms with Gasteiger partial charge in [0.1, 0.15) is 30.2 Å². The zero-order valence-corrected chi connectivity index (χ0v) is 34.2. The topological polar surface area (TPSA) is 214 Å². The average molecular weight is 828 g/mol. The van der Waals surface area contributed by atoms with Crippen LogP contribution in [0.3, 0.4) is 0 Å². The molecule has 1 unspecified atom stereocenters. The van der Waals surface area contributed by atoms with E-state index in [1.807, 2.05) is 0 Å². The van der Waals surface area contributed by atoms with Crippen LogP contribution in [0.25, 0.3) is 0 Å². The lowest BCUT2D eigenvalue weighted by Crippen LogP contribution is -2.79. The van der Waals surface area contributed by atoms with Crippen molar-refractivity contribution in [1.29, 1.82) is 0 Å². The van der Waals surface area contributed by atoms with Crippen molar-refractivity contribution < 1.29 is 67.1 Å². The molecule has 0 spiro atoms.